The summed E-state index contributed by atoms with van der Waals surface area (Å²) < 4.78 is 1.85. The van der Waals surface area contributed by atoms with Crippen molar-refractivity contribution >= 4 is 28.6 Å². The molecule has 0 atom stereocenters. The molecule has 6 nitrogen and oxygen atoms in total. The molecule has 1 aliphatic heterocycles. The van der Waals surface area contributed by atoms with Crippen molar-refractivity contribution < 1.29 is 0 Å². The molecule has 1 aromatic carbocycles. The molecular weight excluding hydrogens is 336 g/mol. The van der Waals surface area contributed by atoms with E-state index < -0.39 is 0 Å². The van der Waals surface area contributed by atoms with Crippen molar-refractivity contribution in [3.63, 3.8) is 0 Å². The fraction of sp³-hybridized carbons (Fsp3) is 0.444. The highest BCUT2D eigenvalue weighted by Gasteiger charge is 2.30. The summed E-state index contributed by atoms with van der Waals surface area (Å²) >= 11 is 6.32. The number of aromatic nitrogens is 5. The molecule has 0 spiro atoms. The van der Waals surface area contributed by atoms with E-state index in [4.69, 9.17) is 21.6 Å². The third-order valence-corrected chi connectivity index (χ3v) is 5.36. The van der Waals surface area contributed by atoms with Crippen molar-refractivity contribution in [2.45, 2.75) is 38.1 Å². The largest absolute Gasteiger partial charge is 0.355 e. The van der Waals surface area contributed by atoms with Gasteiger partial charge in [-0.2, -0.15) is 0 Å². The standard InChI is InChI=1S/C18H19ClN6/c19-14-6-2-1-5-13(14)11-25-18-15(22-23-25)17(24-9-3-4-10-24)20-16(21-18)12-7-8-12/h1-2,5-6,12H,3-4,7-11H2. The second-order valence-corrected chi connectivity index (χ2v) is 7.29. The van der Waals surface area contributed by atoms with E-state index in [1.165, 1.54) is 25.7 Å². The normalized spacial score (nSPS) is 17.6. The van der Waals surface area contributed by atoms with Crippen molar-refractivity contribution in [3.05, 3.63) is 40.7 Å². The van der Waals surface area contributed by atoms with Gasteiger partial charge >= 0.3 is 0 Å². The minimum absolute atomic E-state index is 0.495. The third-order valence-electron chi connectivity index (χ3n) is 4.99. The molecule has 5 rings (SSSR count). The molecule has 128 valence electrons. The molecule has 0 unspecified atom stereocenters. The number of benzene rings is 1. The summed E-state index contributed by atoms with van der Waals surface area (Å²) in [6, 6.07) is 7.83. The number of anilines is 1. The number of rotatable bonds is 4. The predicted octanol–water partition coefficient (Wildman–Crippen LogP) is 3.40. The number of hydrogen-bond acceptors (Lipinski definition) is 5. The van der Waals surface area contributed by atoms with E-state index >= 15 is 0 Å². The van der Waals surface area contributed by atoms with E-state index in [1.807, 2.05) is 28.9 Å². The van der Waals surface area contributed by atoms with Crippen molar-refractivity contribution in [3.8, 4) is 0 Å². The van der Waals surface area contributed by atoms with E-state index in [0.717, 1.165) is 46.5 Å². The Bertz CT molecular complexity index is 926. The van der Waals surface area contributed by atoms with Crippen LogP contribution >= 0.6 is 11.6 Å². The Morgan fingerprint density at radius 3 is 2.64 bits per heavy atom. The first-order chi connectivity index (χ1) is 12.3. The fourth-order valence-electron chi connectivity index (χ4n) is 3.43. The van der Waals surface area contributed by atoms with Gasteiger partial charge in [-0.1, -0.05) is 35.0 Å². The first-order valence-electron chi connectivity index (χ1n) is 8.89. The van der Waals surface area contributed by atoms with Crippen LogP contribution in [0.4, 0.5) is 5.82 Å². The second-order valence-electron chi connectivity index (χ2n) is 6.88. The minimum atomic E-state index is 0.495. The smallest absolute Gasteiger partial charge is 0.184 e. The van der Waals surface area contributed by atoms with Gasteiger partial charge in [0.05, 0.1) is 6.54 Å². The van der Waals surface area contributed by atoms with Crippen LogP contribution in [0.1, 0.15) is 43.0 Å². The van der Waals surface area contributed by atoms with Crippen LogP contribution in [0.5, 0.6) is 0 Å². The van der Waals surface area contributed by atoms with E-state index in [9.17, 15) is 0 Å². The van der Waals surface area contributed by atoms with Gasteiger partial charge in [0.25, 0.3) is 0 Å². The van der Waals surface area contributed by atoms with Crippen LogP contribution in [-0.4, -0.2) is 38.1 Å². The maximum atomic E-state index is 6.32. The number of halogens is 1. The van der Waals surface area contributed by atoms with Gasteiger partial charge in [-0.25, -0.2) is 14.6 Å². The van der Waals surface area contributed by atoms with Crippen LogP contribution in [-0.2, 0) is 6.54 Å². The van der Waals surface area contributed by atoms with E-state index in [-0.39, 0.29) is 0 Å². The average molecular weight is 355 g/mol. The molecule has 0 bridgehead atoms. The van der Waals surface area contributed by atoms with Gasteiger partial charge in [0.1, 0.15) is 5.82 Å². The quantitative estimate of drug-likeness (QED) is 0.718. The second kappa shape index (κ2) is 5.95. The Labute approximate surface area is 150 Å². The van der Waals surface area contributed by atoms with Crippen molar-refractivity contribution in [1.29, 1.82) is 0 Å². The van der Waals surface area contributed by atoms with Crippen molar-refractivity contribution in [2.75, 3.05) is 18.0 Å². The highest BCUT2D eigenvalue weighted by Crippen LogP contribution is 2.40. The molecule has 7 heteroatoms. The highest BCUT2D eigenvalue weighted by atomic mass is 35.5. The molecule has 0 N–H and O–H groups in total. The van der Waals surface area contributed by atoms with Gasteiger partial charge in [0, 0.05) is 24.0 Å². The third kappa shape index (κ3) is 2.74. The molecule has 2 aliphatic rings. The number of hydrogen-bond donors (Lipinski definition) is 0. The Hall–Kier alpha value is -2.21. The van der Waals surface area contributed by atoms with Crippen LogP contribution in [0.15, 0.2) is 24.3 Å². The summed E-state index contributed by atoms with van der Waals surface area (Å²) in [5.41, 5.74) is 2.64. The Morgan fingerprint density at radius 1 is 1.08 bits per heavy atom. The first-order valence-corrected chi connectivity index (χ1v) is 9.27. The molecule has 2 fully saturated rings. The maximum Gasteiger partial charge on any atom is 0.184 e. The molecule has 25 heavy (non-hydrogen) atoms. The molecule has 1 saturated heterocycles. The summed E-state index contributed by atoms with van der Waals surface area (Å²) in [6.07, 6.45) is 4.77. The SMILES string of the molecule is Clc1ccccc1Cn1nnc2c(N3CCCC3)nc(C3CC3)nc21. The van der Waals surface area contributed by atoms with Crippen molar-refractivity contribution in [1.82, 2.24) is 25.0 Å². The van der Waals surface area contributed by atoms with E-state index in [2.05, 4.69) is 15.2 Å². The van der Waals surface area contributed by atoms with Gasteiger partial charge in [-0.15, -0.1) is 5.10 Å². The topological polar surface area (TPSA) is 59.7 Å². The van der Waals surface area contributed by atoms with E-state index in [0.29, 0.717) is 12.5 Å². The zero-order chi connectivity index (χ0) is 16.8. The molecule has 1 saturated carbocycles. The highest BCUT2D eigenvalue weighted by molar-refractivity contribution is 6.31. The zero-order valence-electron chi connectivity index (χ0n) is 13.9. The van der Waals surface area contributed by atoms with E-state index in [1.54, 1.807) is 0 Å². The monoisotopic (exact) mass is 354 g/mol. The molecule has 1 aliphatic carbocycles. The van der Waals surface area contributed by atoms with Gasteiger partial charge in [0.15, 0.2) is 17.0 Å². The predicted molar refractivity (Wildman–Crippen MR) is 97.1 cm³/mol. The summed E-state index contributed by atoms with van der Waals surface area (Å²) in [7, 11) is 0. The average Bonchev–Trinajstić information content (AvgIpc) is 3.18. The molecular formula is C18H19ClN6. The molecule has 3 heterocycles. The Kier molecular flexibility index (Phi) is 3.59. The van der Waals surface area contributed by atoms with Gasteiger partial charge < -0.3 is 4.90 Å². The molecule has 3 aromatic rings. The van der Waals surface area contributed by atoms with Crippen LogP contribution in [0.2, 0.25) is 5.02 Å². The molecule has 0 radical (unpaired) electrons. The lowest BCUT2D eigenvalue weighted by molar-refractivity contribution is 0.662. The van der Waals surface area contributed by atoms with Crippen LogP contribution in [0.25, 0.3) is 11.2 Å². The number of nitrogens with zero attached hydrogens (tertiary/aromatic N) is 6. The van der Waals surface area contributed by atoms with Gasteiger partial charge in [0.2, 0.25) is 0 Å². The summed E-state index contributed by atoms with van der Waals surface area (Å²) in [5.74, 6) is 2.39. The zero-order valence-corrected chi connectivity index (χ0v) is 14.7. The van der Waals surface area contributed by atoms with Crippen LogP contribution in [0.3, 0.4) is 0 Å². The minimum Gasteiger partial charge on any atom is -0.355 e. The van der Waals surface area contributed by atoms with Crippen molar-refractivity contribution in [2.24, 2.45) is 0 Å². The Balaban J connectivity index is 1.61. The fourth-order valence-corrected chi connectivity index (χ4v) is 3.62. The molecule has 2 aromatic heterocycles. The van der Waals surface area contributed by atoms with Gasteiger partial charge in [-0.3, -0.25) is 0 Å². The number of fused-ring (bicyclic) bond motifs is 1. The first kappa shape index (κ1) is 15.1. The lowest BCUT2D eigenvalue weighted by Crippen LogP contribution is -2.20. The van der Waals surface area contributed by atoms with Crippen LogP contribution < -0.4 is 4.90 Å². The van der Waals surface area contributed by atoms with Gasteiger partial charge in [-0.05, 0) is 37.3 Å². The lowest BCUT2D eigenvalue weighted by atomic mass is 10.2. The van der Waals surface area contributed by atoms with Crippen LogP contribution in [0, 0.1) is 0 Å². The summed E-state index contributed by atoms with van der Waals surface area (Å²) in [5, 5.41) is 9.51. The maximum absolute atomic E-state index is 6.32. The Morgan fingerprint density at radius 2 is 1.88 bits per heavy atom. The lowest BCUT2D eigenvalue weighted by Gasteiger charge is -2.17. The summed E-state index contributed by atoms with van der Waals surface area (Å²) in [6.45, 7) is 2.64. The molecule has 0 amide bonds. The summed E-state index contributed by atoms with van der Waals surface area (Å²) in [4.78, 5) is 12.0.